The van der Waals surface area contributed by atoms with Gasteiger partial charge in [0.2, 0.25) is 5.91 Å². The molecule has 19 heavy (non-hydrogen) atoms. The van der Waals surface area contributed by atoms with Crippen molar-refractivity contribution in [2.24, 2.45) is 11.8 Å². The molecule has 1 fully saturated rings. The molecule has 1 rings (SSSR count). The summed E-state index contributed by atoms with van der Waals surface area (Å²) in [5.74, 6) is -1.52. The first-order chi connectivity index (χ1) is 8.71. The number of carbonyl (C=O) groups is 2. The lowest BCUT2D eigenvalue weighted by atomic mass is 10.1. The van der Waals surface area contributed by atoms with E-state index in [-0.39, 0.29) is 36.3 Å². The maximum atomic E-state index is 12.2. The Bertz CT molecular complexity index is 443. The van der Waals surface area contributed by atoms with Gasteiger partial charge in [0.05, 0.1) is 23.8 Å². The molecule has 6 nitrogen and oxygen atoms in total. The van der Waals surface area contributed by atoms with Crippen molar-refractivity contribution in [2.75, 3.05) is 24.6 Å². The molecule has 1 unspecified atom stereocenters. The van der Waals surface area contributed by atoms with E-state index < -0.39 is 21.7 Å². The number of aliphatic carboxylic acids is 1. The van der Waals surface area contributed by atoms with E-state index in [1.807, 2.05) is 13.8 Å². The van der Waals surface area contributed by atoms with E-state index in [1.165, 1.54) is 4.90 Å². The van der Waals surface area contributed by atoms with E-state index in [0.717, 1.165) is 0 Å². The highest BCUT2D eigenvalue weighted by atomic mass is 32.2. The molecule has 1 N–H and O–H groups in total. The fourth-order valence-electron chi connectivity index (χ4n) is 2.21. The predicted molar refractivity (Wildman–Crippen MR) is 70.4 cm³/mol. The van der Waals surface area contributed by atoms with Crippen LogP contribution in [0.5, 0.6) is 0 Å². The molecule has 0 aromatic carbocycles. The molecular formula is C12H21NO5S. The van der Waals surface area contributed by atoms with Crippen molar-refractivity contribution in [1.82, 2.24) is 4.90 Å². The topological polar surface area (TPSA) is 91.8 Å². The Hall–Kier alpha value is -1.11. The molecular weight excluding hydrogens is 270 g/mol. The lowest BCUT2D eigenvalue weighted by molar-refractivity contribution is -0.139. The smallest absolute Gasteiger partial charge is 0.305 e. The fraction of sp³-hybridized carbons (Fsp3) is 0.833. The molecule has 0 bridgehead atoms. The van der Waals surface area contributed by atoms with Gasteiger partial charge in [-0.05, 0) is 12.3 Å². The van der Waals surface area contributed by atoms with Gasteiger partial charge in [0.25, 0.3) is 0 Å². The van der Waals surface area contributed by atoms with E-state index in [9.17, 15) is 18.0 Å². The van der Waals surface area contributed by atoms with Gasteiger partial charge < -0.3 is 10.0 Å². The van der Waals surface area contributed by atoms with Gasteiger partial charge in [0.15, 0.2) is 9.84 Å². The lowest BCUT2D eigenvalue weighted by Crippen LogP contribution is -2.40. The summed E-state index contributed by atoms with van der Waals surface area (Å²) >= 11 is 0. The van der Waals surface area contributed by atoms with Crippen LogP contribution >= 0.6 is 0 Å². The van der Waals surface area contributed by atoms with E-state index in [4.69, 9.17) is 5.11 Å². The highest BCUT2D eigenvalue weighted by Gasteiger charge is 2.35. The predicted octanol–water partition coefficient (Wildman–Crippen LogP) is 0.380. The summed E-state index contributed by atoms with van der Waals surface area (Å²) in [5.41, 5.74) is 0. The van der Waals surface area contributed by atoms with E-state index >= 15 is 0 Å². The Morgan fingerprint density at radius 2 is 2.00 bits per heavy atom. The largest absolute Gasteiger partial charge is 0.481 e. The molecule has 110 valence electrons. The first-order valence-corrected chi connectivity index (χ1v) is 8.24. The van der Waals surface area contributed by atoms with Gasteiger partial charge in [-0.15, -0.1) is 0 Å². The zero-order valence-electron chi connectivity index (χ0n) is 11.3. The third-order valence-electron chi connectivity index (χ3n) is 3.07. The molecule has 7 heteroatoms. The van der Waals surface area contributed by atoms with Crippen LogP contribution in [-0.2, 0) is 19.4 Å². The van der Waals surface area contributed by atoms with Crippen LogP contribution in [0.1, 0.15) is 26.7 Å². The van der Waals surface area contributed by atoms with Crippen LogP contribution in [0.25, 0.3) is 0 Å². The molecule has 1 amide bonds. The normalized spacial score (nSPS) is 21.5. The van der Waals surface area contributed by atoms with Gasteiger partial charge in [-0.3, -0.25) is 9.59 Å². The molecule has 0 spiro atoms. The van der Waals surface area contributed by atoms with Crippen LogP contribution in [0.2, 0.25) is 0 Å². The minimum atomic E-state index is -3.10. The summed E-state index contributed by atoms with van der Waals surface area (Å²) in [6.45, 7) is 4.48. The van der Waals surface area contributed by atoms with Crippen LogP contribution in [-0.4, -0.2) is 54.9 Å². The summed E-state index contributed by atoms with van der Waals surface area (Å²) < 4.78 is 22.8. The second kappa shape index (κ2) is 6.36. The van der Waals surface area contributed by atoms with Gasteiger partial charge in [0, 0.05) is 13.1 Å². The first-order valence-electron chi connectivity index (χ1n) is 6.42. The van der Waals surface area contributed by atoms with Crippen molar-refractivity contribution in [3.63, 3.8) is 0 Å². The molecule has 0 aromatic heterocycles. The van der Waals surface area contributed by atoms with Crippen molar-refractivity contribution >= 4 is 21.7 Å². The molecule has 1 atom stereocenters. The second-order valence-corrected chi connectivity index (χ2v) is 7.65. The third kappa shape index (κ3) is 5.18. The summed E-state index contributed by atoms with van der Waals surface area (Å²) in [4.78, 5) is 24.3. The number of carboxylic acid groups (broad SMARTS) is 1. The Morgan fingerprint density at radius 3 is 2.42 bits per heavy atom. The van der Waals surface area contributed by atoms with Crippen molar-refractivity contribution in [2.45, 2.75) is 26.7 Å². The number of rotatable bonds is 6. The third-order valence-corrected chi connectivity index (χ3v) is 4.84. The number of amides is 1. The Kier molecular flexibility index (Phi) is 5.34. The SMILES string of the molecule is CC(C)CN(CCC(=O)O)C(=O)C1CCS(=O)(=O)C1. The number of sulfone groups is 1. The fourth-order valence-corrected chi connectivity index (χ4v) is 3.94. The minimum Gasteiger partial charge on any atom is -0.481 e. The molecule has 1 aliphatic heterocycles. The van der Waals surface area contributed by atoms with E-state index in [1.54, 1.807) is 0 Å². The first kappa shape index (κ1) is 15.9. The van der Waals surface area contributed by atoms with Crippen molar-refractivity contribution in [3.05, 3.63) is 0 Å². The molecule has 0 radical (unpaired) electrons. The van der Waals surface area contributed by atoms with E-state index in [2.05, 4.69) is 0 Å². The Labute approximate surface area is 113 Å². The number of carbonyl (C=O) groups excluding carboxylic acids is 1. The lowest BCUT2D eigenvalue weighted by Gasteiger charge is -2.26. The quantitative estimate of drug-likeness (QED) is 0.764. The summed E-state index contributed by atoms with van der Waals surface area (Å²) in [7, 11) is -3.10. The van der Waals surface area contributed by atoms with Crippen molar-refractivity contribution < 1.29 is 23.1 Å². The van der Waals surface area contributed by atoms with Crippen LogP contribution in [0.15, 0.2) is 0 Å². The van der Waals surface area contributed by atoms with E-state index in [0.29, 0.717) is 13.0 Å². The van der Waals surface area contributed by atoms with Gasteiger partial charge in [-0.1, -0.05) is 13.8 Å². The minimum absolute atomic E-state index is 0.0534. The molecule has 0 saturated carbocycles. The molecule has 0 aliphatic carbocycles. The van der Waals surface area contributed by atoms with Crippen molar-refractivity contribution in [1.29, 1.82) is 0 Å². The summed E-state index contributed by atoms with van der Waals surface area (Å²) in [6, 6.07) is 0. The number of hydrogen-bond donors (Lipinski definition) is 1. The van der Waals surface area contributed by atoms with Crippen LogP contribution in [0.4, 0.5) is 0 Å². The number of carboxylic acids is 1. The zero-order chi connectivity index (χ0) is 14.6. The molecule has 1 heterocycles. The second-order valence-electron chi connectivity index (χ2n) is 5.42. The Balaban J connectivity index is 2.68. The summed E-state index contributed by atoms with van der Waals surface area (Å²) in [6.07, 6.45) is 0.237. The van der Waals surface area contributed by atoms with Gasteiger partial charge in [-0.25, -0.2) is 8.42 Å². The Morgan fingerprint density at radius 1 is 1.37 bits per heavy atom. The van der Waals surface area contributed by atoms with Gasteiger partial charge >= 0.3 is 5.97 Å². The van der Waals surface area contributed by atoms with Crippen LogP contribution in [0, 0.1) is 11.8 Å². The van der Waals surface area contributed by atoms with Gasteiger partial charge in [-0.2, -0.15) is 0 Å². The monoisotopic (exact) mass is 291 g/mol. The van der Waals surface area contributed by atoms with Crippen molar-refractivity contribution in [3.8, 4) is 0 Å². The number of hydrogen-bond acceptors (Lipinski definition) is 4. The number of nitrogens with zero attached hydrogens (tertiary/aromatic N) is 1. The standard InChI is InChI=1S/C12H21NO5S/c1-9(2)7-13(5-3-11(14)15)12(16)10-4-6-19(17,18)8-10/h9-10H,3-8H2,1-2H3,(H,14,15). The van der Waals surface area contributed by atoms with Crippen LogP contribution in [0.3, 0.4) is 0 Å². The maximum Gasteiger partial charge on any atom is 0.305 e. The zero-order valence-corrected chi connectivity index (χ0v) is 12.1. The highest BCUT2D eigenvalue weighted by Crippen LogP contribution is 2.21. The van der Waals surface area contributed by atoms with Gasteiger partial charge in [0.1, 0.15) is 0 Å². The molecule has 1 aliphatic rings. The van der Waals surface area contributed by atoms with Crippen LogP contribution < -0.4 is 0 Å². The summed E-state index contributed by atoms with van der Waals surface area (Å²) in [5, 5.41) is 8.69. The average molecular weight is 291 g/mol. The molecule has 0 aromatic rings. The average Bonchev–Trinajstić information content (AvgIpc) is 2.63. The maximum absolute atomic E-state index is 12.2. The molecule has 1 saturated heterocycles. The highest BCUT2D eigenvalue weighted by molar-refractivity contribution is 7.91.